The minimum Gasteiger partial charge on any atom is -0.489 e. The molecular weight excluding hydrogens is 258 g/mol. The lowest BCUT2D eigenvalue weighted by atomic mass is 10.0. The first-order valence-corrected chi connectivity index (χ1v) is 6.81. The van der Waals surface area contributed by atoms with Gasteiger partial charge in [-0.05, 0) is 29.7 Å². The molecule has 0 aliphatic heterocycles. The second kappa shape index (κ2) is 7.72. The molecule has 2 rings (SSSR count). The SMILES string of the molecule is C=CCc1c(/C=C/C#N)cccc1OCc1ccccc1. The number of benzene rings is 2. The fourth-order valence-electron chi connectivity index (χ4n) is 2.10. The van der Waals surface area contributed by atoms with Crippen LogP contribution in [0.15, 0.2) is 67.3 Å². The van der Waals surface area contributed by atoms with Gasteiger partial charge in [-0.25, -0.2) is 0 Å². The number of hydrogen-bond acceptors (Lipinski definition) is 2. The zero-order valence-electron chi connectivity index (χ0n) is 11.8. The summed E-state index contributed by atoms with van der Waals surface area (Å²) in [5.41, 5.74) is 3.16. The van der Waals surface area contributed by atoms with E-state index in [0.29, 0.717) is 13.0 Å². The van der Waals surface area contributed by atoms with Crippen molar-refractivity contribution in [2.45, 2.75) is 13.0 Å². The van der Waals surface area contributed by atoms with Crippen LogP contribution in [0.2, 0.25) is 0 Å². The van der Waals surface area contributed by atoms with Gasteiger partial charge >= 0.3 is 0 Å². The molecule has 0 aliphatic rings. The van der Waals surface area contributed by atoms with Crippen molar-refractivity contribution in [3.8, 4) is 11.8 Å². The van der Waals surface area contributed by atoms with Crippen molar-refractivity contribution in [2.24, 2.45) is 0 Å². The Balaban J connectivity index is 2.23. The van der Waals surface area contributed by atoms with Crippen LogP contribution < -0.4 is 4.74 Å². The van der Waals surface area contributed by atoms with Gasteiger partial charge < -0.3 is 4.74 Å². The Labute approximate surface area is 125 Å². The Kier molecular flexibility index (Phi) is 5.37. The molecule has 0 saturated carbocycles. The largest absolute Gasteiger partial charge is 0.489 e. The molecule has 0 atom stereocenters. The smallest absolute Gasteiger partial charge is 0.123 e. The van der Waals surface area contributed by atoms with Gasteiger partial charge in [0, 0.05) is 11.6 Å². The summed E-state index contributed by atoms with van der Waals surface area (Å²) in [6.07, 6.45) is 5.82. The lowest BCUT2D eigenvalue weighted by molar-refractivity contribution is 0.303. The molecule has 2 nitrogen and oxygen atoms in total. The van der Waals surface area contributed by atoms with Crippen LogP contribution in [0.25, 0.3) is 6.08 Å². The summed E-state index contributed by atoms with van der Waals surface area (Å²) in [7, 11) is 0. The van der Waals surface area contributed by atoms with Gasteiger partial charge in [-0.2, -0.15) is 5.26 Å². The minimum absolute atomic E-state index is 0.524. The highest BCUT2D eigenvalue weighted by molar-refractivity contribution is 5.60. The van der Waals surface area contributed by atoms with Gasteiger partial charge in [0.15, 0.2) is 0 Å². The van der Waals surface area contributed by atoms with Crippen molar-refractivity contribution in [3.05, 3.63) is 84.0 Å². The Hall–Kier alpha value is -2.79. The quantitative estimate of drug-likeness (QED) is 0.573. The predicted octanol–water partition coefficient (Wildman–Crippen LogP) is 4.53. The average Bonchev–Trinajstić information content (AvgIpc) is 2.53. The zero-order chi connectivity index (χ0) is 14.9. The van der Waals surface area contributed by atoms with Crippen molar-refractivity contribution in [2.75, 3.05) is 0 Å². The van der Waals surface area contributed by atoms with Gasteiger partial charge in [-0.15, -0.1) is 6.58 Å². The summed E-state index contributed by atoms with van der Waals surface area (Å²) < 4.78 is 5.93. The van der Waals surface area contributed by atoms with Gasteiger partial charge in [-0.1, -0.05) is 48.5 Å². The second-order valence-electron chi connectivity index (χ2n) is 4.55. The molecule has 0 amide bonds. The van der Waals surface area contributed by atoms with Crippen molar-refractivity contribution in [1.29, 1.82) is 5.26 Å². The molecule has 0 N–H and O–H groups in total. The second-order valence-corrected chi connectivity index (χ2v) is 4.55. The minimum atomic E-state index is 0.524. The number of ether oxygens (including phenoxy) is 1. The highest BCUT2D eigenvalue weighted by Crippen LogP contribution is 2.25. The molecule has 2 aromatic carbocycles. The molecule has 0 unspecified atom stereocenters. The van der Waals surface area contributed by atoms with Crippen molar-refractivity contribution < 1.29 is 4.74 Å². The van der Waals surface area contributed by atoms with E-state index in [-0.39, 0.29) is 0 Å². The van der Waals surface area contributed by atoms with E-state index in [2.05, 4.69) is 6.58 Å². The van der Waals surface area contributed by atoms with E-state index >= 15 is 0 Å². The van der Waals surface area contributed by atoms with E-state index in [9.17, 15) is 0 Å². The third-order valence-electron chi connectivity index (χ3n) is 3.09. The Bertz CT molecular complexity index is 666. The maximum atomic E-state index is 8.68. The average molecular weight is 275 g/mol. The van der Waals surface area contributed by atoms with Crippen molar-refractivity contribution in [1.82, 2.24) is 0 Å². The molecular formula is C19H17NO. The molecule has 0 aromatic heterocycles. The van der Waals surface area contributed by atoms with Crippen LogP contribution in [0, 0.1) is 11.3 Å². The molecule has 0 heterocycles. The van der Waals surface area contributed by atoms with Crippen molar-refractivity contribution >= 4 is 6.08 Å². The first-order chi connectivity index (χ1) is 10.3. The summed E-state index contributed by atoms with van der Waals surface area (Å²) >= 11 is 0. The van der Waals surface area contributed by atoms with Crippen LogP contribution in [-0.2, 0) is 13.0 Å². The van der Waals surface area contributed by atoms with Crippen LogP contribution in [0.5, 0.6) is 5.75 Å². The summed E-state index contributed by atoms with van der Waals surface area (Å²) in [5.74, 6) is 0.832. The third kappa shape index (κ3) is 4.09. The number of hydrogen-bond donors (Lipinski definition) is 0. The molecule has 21 heavy (non-hydrogen) atoms. The zero-order valence-corrected chi connectivity index (χ0v) is 11.8. The van der Waals surface area contributed by atoms with Crippen LogP contribution in [-0.4, -0.2) is 0 Å². The topological polar surface area (TPSA) is 33.0 Å². The molecule has 0 radical (unpaired) electrons. The van der Waals surface area contributed by atoms with Crippen LogP contribution >= 0.6 is 0 Å². The summed E-state index contributed by atoms with van der Waals surface area (Å²) in [6.45, 7) is 4.32. The maximum Gasteiger partial charge on any atom is 0.123 e. The van der Waals surface area contributed by atoms with E-state index in [0.717, 1.165) is 22.4 Å². The highest BCUT2D eigenvalue weighted by atomic mass is 16.5. The maximum absolute atomic E-state index is 8.68. The Morgan fingerprint density at radius 2 is 1.90 bits per heavy atom. The fourth-order valence-corrected chi connectivity index (χ4v) is 2.10. The number of rotatable bonds is 6. The van der Waals surface area contributed by atoms with Gasteiger partial charge in [0.2, 0.25) is 0 Å². The lowest BCUT2D eigenvalue weighted by Crippen LogP contribution is -1.99. The molecule has 0 fully saturated rings. The molecule has 2 heteroatoms. The normalized spacial score (nSPS) is 10.2. The first-order valence-electron chi connectivity index (χ1n) is 6.81. The van der Waals surface area contributed by atoms with Gasteiger partial charge in [0.25, 0.3) is 0 Å². The number of allylic oxidation sites excluding steroid dienone is 2. The summed E-state index contributed by atoms with van der Waals surface area (Å²) in [5, 5.41) is 8.68. The van der Waals surface area contributed by atoms with E-state index in [4.69, 9.17) is 10.00 Å². The van der Waals surface area contributed by atoms with Crippen LogP contribution in [0.3, 0.4) is 0 Å². The first kappa shape index (κ1) is 14.6. The molecule has 0 bridgehead atoms. The van der Waals surface area contributed by atoms with E-state index in [1.165, 1.54) is 6.08 Å². The summed E-state index contributed by atoms with van der Waals surface area (Å²) in [4.78, 5) is 0. The number of nitriles is 1. The van der Waals surface area contributed by atoms with Gasteiger partial charge in [-0.3, -0.25) is 0 Å². The third-order valence-corrected chi connectivity index (χ3v) is 3.09. The van der Waals surface area contributed by atoms with Crippen LogP contribution in [0.1, 0.15) is 16.7 Å². The fraction of sp³-hybridized carbons (Fsp3) is 0.105. The van der Waals surface area contributed by atoms with Gasteiger partial charge in [0.05, 0.1) is 6.07 Å². The highest BCUT2D eigenvalue weighted by Gasteiger charge is 2.06. The summed E-state index contributed by atoms with van der Waals surface area (Å²) in [6, 6.07) is 17.9. The molecule has 0 aliphatic carbocycles. The van der Waals surface area contributed by atoms with E-state index < -0.39 is 0 Å². The molecule has 0 spiro atoms. The van der Waals surface area contributed by atoms with Crippen molar-refractivity contribution in [3.63, 3.8) is 0 Å². The standard InChI is InChI=1S/C19H17NO/c1-2-8-18-17(12-7-14-20)11-6-13-19(18)21-15-16-9-4-3-5-10-16/h2-7,9-13H,1,8,15H2/b12-7+. The lowest BCUT2D eigenvalue weighted by Gasteiger charge is -2.13. The Morgan fingerprint density at radius 3 is 2.62 bits per heavy atom. The molecule has 0 saturated heterocycles. The van der Waals surface area contributed by atoms with Crippen LogP contribution in [0.4, 0.5) is 0 Å². The molecule has 104 valence electrons. The van der Waals surface area contributed by atoms with Gasteiger partial charge in [0.1, 0.15) is 12.4 Å². The monoisotopic (exact) mass is 275 g/mol. The van der Waals surface area contributed by atoms with E-state index in [1.807, 2.05) is 60.7 Å². The predicted molar refractivity (Wildman–Crippen MR) is 85.8 cm³/mol. The molecule has 2 aromatic rings. The number of nitrogens with zero attached hydrogens (tertiary/aromatic N) is 1. The Morgan fingerprint density at radius 1 is 1.10 bits per heavy atom. The van der Waals surface area contributed by atoms with E-state index in [1.54, 1.807) is 6.08 Å².